The van der Waals surface area contributed by atoms with E-state index in [0.717, 1.165) is 0 Å². The monoisotopic (exact) mass is 374 g/mol. The van der Waals surface area contributed by atoms with Crippen molar-refractivity contribution in [1.82, 2.24) is 0 Å². The second-order valence-corrected chi connectivity index (χ2v) is 14.3. The van der Waals surface area contributed by atoms with Gasteiger partial charge in [-0.25, -0.2) is 0 Å². The predicted octanol–water partition coefficient (Wildman–Crippen LogP) is 5.54. The van der Waals surface area contributed by atoms with Crippen molar-refractivity contribution in [2.24, 2.45) is 0 Å². The fourth-order valence-electron chi connectivity index (χ4n) is 3.48. The SMILES string of the molecule is CC(C)P(=[Se])(c1c2ccccc2cc2ccccc12)C(C)C. The molecule has 22 heavy (non-hydrogen) atoms. The topological polar surface area (TPSA) is 0 Å². The van der Waals surface area contributed by atoms with E-state index in [1.807, 2.05) is 0 Å². The van der Waals surface area contributed by atoms with Crippen LogP contribution in [0.4, 0.5) is 0 Å². The van der Waals surface area contributed by atoms with Gasteiger partial charge in [0, 0.05) is 0 Å². The Kier molecular flexibility index (Phi) is 4.34. The van der Waals surface area contributed by atoms with Crippen LogP contribution >= 0.6 is 5.51 Å². The zero-order valence-corrected chi connectivity index (χ0v) is 16.3. The molecule has 0 nitrogen and oxygen atoms in total. The first-order valence-electron chi connectivity index (χ1n) is 7.96. The molecule has 0 aliphatic carbocycles. The summed E-state index contributed by atoms with van der Waals surface area (Å²) in [7, 11) is 0. The van der Waals surface area contributed by atoms with Crippen LogP contribution in [0.3, 0.4) is 0 Å². The third-order valence-electron chi connectivity index (χ3n) is 4.63. The first kappa shape index (κ1) is 16.0. The predicted molar refractivity (Wildman–Crippen MR) is 104 cm³/mol. The number of hydrogen-bond donors (Lipinski definition) is 0. The van der Waals surface area contributed by atoms with E-state index >= 15 is 0 Å². The van der Waals surface area contributed by atoms with Crippen molar-refractivity contribution in [2.75, 3.05) is 0 Å². The molecule has 0 bridgehead atoms. The van der Waals surface area contributed by atoms with Crippen LogP contribution in [0.1, 0.15) is 27.7 Å². The van der Waals surface area contributed by atoms with Gasteiger partial charge in [0.25, 0.3) is 0 Å². The van der Waals surface area contributed by atoms with Crippen LogP contribution in [0.25, 0.3) is 21.5 Å². The first-order valence-corrected chi connectivity index (χ1v) is 12.1. The molecule has 0 atom stereocenters. The molecule has 0 spiro atoms. The van der Waals surface area contributed by atoms with Gasteiger partial charge in [0.1, 0.15) is 0 Å². The Hall–Kier alpha value is -0.871. The molecule has 0 heterocycles. The summed E-state index contributed by atoms with van der Waals surface area (Å²) in [6, 6.07) is 20.1. The van der Waals surface area contributed by atoms with Crippen LogP contribution in [0.5, 0.6) is 0 Å². The van der Waals surface area contributed by atoms with Crippen molar-refractivity contribution in [1.29, 1.82) is 0 Å². The maximum absolute atomic E-state index is 3.70. The quantitative estimate of drug-likeness (QED) is 0.321. The third-order valence-corrected chi connectivity index (χ3v) is 15.3. The van der Waals surface area contributed by atoms with Gasteiger partial charge in [-0.1, -0.05) is 0 Å². The summed E-state index contributed by atoms with van der Waals surface area (Å²) in [6.07, 6.45) is 0. The van der Waals surface area contributed by atoms with Crippen LogP contribution in [-0.4, -0.2) is 26.4 Å². The van der Waals surface area contributed by atoms with Gasteiger partial charge in [0.05, 0.1) is 0 Å². The van der Waals surface area contributed by atoms with Gasteiger partial charge in [-0.3, -0.25) is 0 Å². The second kappa shape index (κ2) is 5.97. The van der Waals surface area contributed by atoms with E-state index in [0.29, 0.717) is 11.3 Å². The Labute approximate surface area is 141 Å². The Balaban J connectivity index is 2.56. The van der Waals surface area contributed by atoms with Gasteiger partial charge in [-0.15, -0.1) is 0 Å². The second-order valence-electron chi connectivity index (χ2n) is 6.56. The average molecular weight is 373 g/mol. The number of benzene rings is 3. The fourth-order valence-corrected chi connectivity index (χ4v) is 8.10. The Morgan fingerprint density at radius 3 is 1.55 bits per heavy atom. The molecule has 0 radical (unpaired) electrons. The van der Waals surface area contributed by atoms with Crippen LogP contribution in [0, 0.1) is 0 Å². The first-order chi connectivity index (χ1) is 10.5. The summed E-state index contributed by atoms with van der Waals surface area (Å²) < 4.78 is 0. The minimum atomic E-state index is -1.38. The van der Waals surface area contributed by atoms with E-state index in [4.69, 9.17) is 0 Å². The van der Waals surface area contributed by atoms with E-state index in [-0.39, 0.29) is 0 Å². The van der Waals surface area contributed by atoms with Crippen molar-refractivity contribution in [3.8, 4) is 0 Å². The standard InChI is InChI=1S/C20H23PSe/c1-14(2)21(22,15(3)4)20-18-11-7-5-9-16(18)13-17-10-6-8-12-19(17)20/h5-15H,1-4H3. The maximum atomic E-state index is 3.70. The zero-order valence-electron chi connectivity index (χ0n) is 13.7. The molecule has 0 fully saturated rings. The van der Waals surface area contributed by atoms with Crippen LogP contribution in [0.15, 0.2) is 54.6 Å². The molecular formula is C20H23PSe. The van der Waals surface area contributed by atoms with Crippen molar-refractivity contribution >= 4 is 47.5 Å². The van der Waals surface area contributed by atoms with Gasteiger partial charge < -0.3 is 0 Å². The molecule has 2 heteroatoms. The molecule has 114 valence electrons. The van der Waals surface area contributed by atoms with E-state index in [2.05, 4.69) is 97.4 Å². The molecule has 3 aromatic rings. The van der Waals surface area contributed by atoms with E-state index in [9.17, 15) is 0 Å². The summed E-state index contributed by atoms with van der Waals surface area (Å²) >= 11 is 3.70. The summed E-state index contributed by atoms with van der Waals surface area (Å²) in [4.78, 5) is 0. The van der Waals surface area contributed by atoms with Crippen molar-refractivity contribution < 1.29 is 0 Å². The summed E-state index contributed by atoms with van der Waals surface area (Å²) in [6.45, 7) is 9.50. The number of fused-ring (bicyclic) bond motifs is 2. The van der Waals surface area contributed by atoms with E-state index in [1.54, 1.807) is 5.30 Å². The molecular weight excluding hydrogens is 350 g/mol. The number of hydrogen-bond acceptors (Lipinski definition) is 0. The van der Waals surface area contributed by atoms with Crippen molar-refractivity contribution in [3.05, 3.63) is 54.6 Å². The van der Waals surface area contributed by atoms with E-state index in [1.165, 1.54) is 21.5 Å². The molecule has 0 saturated carbocycles. The van der Waals surface area contributed by atoms with Gasteiger partial charge in [0.15, 0.2) is 0 Å². The van der Waals surface area contributed by atoms with Gasteiger partial charge in [-0.05, 0) is 0 Å². The van der Waals surface area contributed by atoms with E-state index < -0.39 is 5.51 Å². The third kappa shape index (κ3) is 2.41. The molecule has 0 aliphatic heterocycles. The Morgan fingerprint density at radius 2 is 1.14 bits per heavy atom. The fraction of sp³-hybridized carbons (Fsp3) is 0.300. The van der Waals surface area contributed by atoms with Crippen molar-refractivity contribution in [3.63, 3.8) is 0 Å². The molecule has 0 aliphatic rings. The van der Waals surface area contributed by atoms with Gasteiger partial charge >= 0.3 is 141 Å². The van der Waals surface area contributed by atoms with Crippen molar-refractivity contribution in [2.45, 2.75) is 39.0 Å². The summed E-state index contributed by atoms with van der Waals surface area (Å²) in [5, 5.41) is 7.15. The molecule has 3 rings (SSSR count). The zero-order chi connectivity index (χ0) is 15.9. The van der Waals surface area contributed by atoms with Gasteiger partial charge in [-0.2, -0.15) is 0 Å². The molecule has 3 aromatic carbocycles. The normalized spacial score (nSPS) is 12.6. The molecule has 0 amide bonds. The summed E-state index contributed by atoms with van der Waals surface area (Å²) in [5.74, 6) is 0. The van der Waals surface area contributed by atoms with Crippen LogP contribution in [0.2, 0.25) is 0 Å². The minimum absolute atomic E-state index is 0.640. The van der Waals surface area contributed by atoms with Crippen LogP contribution < -0.4 is 5.30 Å². The van der Waals surface area contributed by atoms with Crippen LogP contribution in [-0.2, 0) is 0 Å². The summed E-state index contributed by atoms with van der Waals surface area (Å²) in [5.41, 5.74) is -0.101. The molecule has 0 saturated heterocycles. The molecule has 0 N–H and O–H groups in total. The average Bonchev–Trinajstić information content (AvgIpc) is 2.51. The Morgan fingerprint density at radius 1 is 0.727 bits per heavy atom. The molecule has 0 aromatic heterocycles. The van der Waals surface area contributed by atoms with Gasteiger partial charge in [0.2, 0.25) is 0 Å². The number of rotatable bonds is 3. The Bertz CT molecular complexity index is 811. The molecule has 0 unspecified atom stereocenters.